The Morgan fingerprint density at radius 1 is 0.941 bits per heavy atom. The molecule has 2 fully saturated rings. The van der Waals surface area contributed by atoms with Crippen LogP contribution in [0, 0.1) is 0 Å². The number of hydrogen-bond donors (Lipinski definition) is 1. The van der Waals surface area contributed by atoms with Crippen LogP contribution in [-0.2, 0) is 16.8 Å². The van der Waals surface area contributed by atoms with Gasteiger partial charge in [0, 0.05) is 5.54 Å². The minimum absolute atomic E-state index is 0.0441. The number of aliphatic hydroxyl groups is 1. The van der Waals surface area contributed by atoms with Gasteiger partial charge in [0.2, 0.25) is 5.91 Å². The van der Waals surface area contributed by atoms with Crippen LogP contribution in [0.2, 0.25) is 0 Å². The molecule has 1 amide bonds. The van der Waals surface area contributed by atoms with Crippen LogP contribution in [0.15, 0.2) is 24.3 Å². The molecule has 8 heteroatoms. The summed E-state index contributed by atoms with van der Waals surface area (Å²) in [5.74, 6) is 3.13. The summed E-state index contributed by atoms with van der Waals surface area (Å²) in [7, 11) is 0. The molecule has 6 heterocycles. The molecule has 0 aromatic heterocycles. The molecule has 0 radical (unpaired) electrons. The van der Waals surface area contributed by atoms with E-state index < -0.39 is 6.04 Å². The molecule has 0 spiro atoms. The number of hydrogen-bond acceptors (Lipinski definition) is 7. The van der Waals surface area contributed by atoms with Gasteiger partial charge in [0.05, 0.1) is 30.8 Å². The summed E-state index contributed by atoms with van der Waals surface area (Å²) in [4.78, 5) is 18.2. The SMILES string of the molecule is CC12C[C@H]3C(=O)N4[C@@H](CO)c5cc6c(cc5C[C@H]4[C@@H](c4cc5c(cc41)OCCO5)N32)OCCO6. The first-order valence-electron chi connectivity index (χ1n) is 12.2. The second kappa shape index (κ2) is 6.37. The van der Waals surface area contributed by atoms with Gasteiger partial charge in [-0.15, -0.1) is 0 Å². The predicted octanol–water partition coefficient (Wildman–Crippen LogP) is 2.07. The molecule has 0 saturated carbocycles. The average Bonchev–Trinajstić information content (AvgIpc) is 3.05. The maximum atomic E-state index is 13.8. The van der Waals surface area contributed by atoms with Crippen LogP contribution in [-0.4, -0.2) is 65.9 Å². The summed E-state index contributed by atoms with van der Waals surface area (Å²) in [6, 6.07) is 7.68. The van der Waals surface area contributed by atoms with Crippen molar-refractivity contribution in [2.24, 2.45) is 0 Å². The molecule has 2 aromatic carbocycles. The number of ether oxygens (including phenoxy) is 4. The minimum atomic E-state index is -0.396. The Morgan fingerprint density at radius 2 is 1.56 bits per heavy atom. The maximum absolute atomic E-state index is 13.8. The van der Waals surface area contributed by atoms with E-state index in [0.717, 1.165) is 34.8 Å². The Morgan fingerprint density at radius 3 is 2.24 bits per heavy atom. The summed E-state index contributed by atoms with van der Waals surface area (Å²) >= 11 is 0. The Hall–Kier alpha value is -2.97. The number of carbonyl (C=O) groups excluding carboxylic acids is 1. The minimum Gasteiger partial charge on any atom is -0.486 e. The number of rotatable bonds is 1. The molecule has 0 aliphatic carbocycles. The van der Waals surface area contributed by atoms with Crippen LogP contribution in [0.5, 0.6) is 23.0 Å². The van der Waals surface area contributed by atoms with E-state index in [0.29, 0.717) is 38.6 Å². The largest absolute Gasteiger partial charge is 0.486 e. The van der Waals surface area contributed by atoms with Crippen LogP contribution in [0.25, 0.3) is 0 Å². The standard InChI is InChI=1S/C26H26N2O6/c1-26-11-18-25(30)27-17(6-13-7-20-21(32-3-2-31-20)8-14(13)19(27)12-29)24(28(18)26)15-9-22-23(10-16(15)26)34-5-4-33-22/h7-10,17-19,24,29H,2-6,11-12H2,1H3/t17-,18-,19-,24+,26?/m0/s1. The lowest BCUT2D eigenvalue weighted by molar-refractivity contribution is -0.189. The van der Waals surface area contributed by atoms with Crippen LogP contribution in [0.1, 0.15) is 47.7 Å². The highest BCUT2D eigenvalue weighted by molar-refractivity contribution is 5.87. The zero-order chi connectivity index (χ0) is 22.8. The highest BCUT2D eigenvalue weighted by Crippen LogP contribution is 2.64. The normalized spacial score (nSPS) is 33.9. The molecule has 2 saturated heterocycles. The van der Waals surface area contributed by atoms with Crippen molar-refractivity contribution in [2.75, 3.05) is 33.0 Å². The summed E-state index contributed by atoms with van der Waals surface area (Å²) in [5, 5.41) is 10.5. The van der Waals surface area contributed by atoms with Gasteiger partial charge in [-0.05, 0) is 66.3 Å². The molecule has 8 nitrogen and oxygen atoms in total. The van der Waals surface area contributed by atoms with Crippen LogP contribution in [0.4, 0.5) is 0 Å². The van der Waals surface area contributed by atoms with E-state index in [2.05, 4.69) is 30.0 Å². The van der Waals surface area contributed by atoms with Crippen LogP contribution < -0.4 is 18.9 Å². The number of fused-ring (bicyclic) bond motifs is 8. The molecule has 5 atom stereocenters. The van der Waals surface area contributed by atoms with E-state index in [1.807, 2.05) is 11.0 Å². The fourth-order valence-corrected chi connectivity index (χ4v) is 7.40. The predicted molar refractivity (Wildman–Crippen MR) is 119 cm³/mol. The van der Waals surface area contributed by atoms with Gasteiger partial charge in [-0.1, -0.05) is 0 Å². The Kier molecular flexibility index (Phi) is 3.63. The van der Waals surface area contributed by atoms with Gasteiger partial charge in [0.25, 0.3) is 0 Å². The molecule has 6 aliphatic heterocycles. The second-order valence-corrected chi connectivity index (χ2v) is 10.3. The van der Waals surface area contributed by atoms with Crippen LogP contribution in [0.3, 0.4) is 0 Å². The Balaban J connectivity index is 1.30. The van der Waals surface area contributed by atoms with E-state index in [1.165, 1.54) is 11.1 Å². The second-order valence-electron chi connectivity index (χ2n) is 10.3. The third kappa shape index (κ3) is 2.19. The smallest absolute Gasteiger partial charge is 0.240 e. The number of piperazine rings is 1. The molecule has 2 aromatic rings. The van der Waals surface area contributed by atoms with Crippen molar-refractivity contribution in [3.63, 3.8) is 0 Å². The van der Waals surface area contributed by atoms with Gasteiger partial charge in [0.15, 0.2) is 23.0 Å². The lowest BCUT2D eigenvalue weighted by Gasteiger charge is -2.63. The highest BCUT2D eigenvalue weighted by atomic mass is 16.6. The lowest BCUT2D eigenvalue weighted by atomic mass is 9.73. The summed E-state index contributed by atoms with van der Waals surface area (Å²) < 4.78 is 23.5. The number of benzene rings is 2. The maximum Gasteiger partial charge on any atom is 0.240 e. The molecule has 6 aliphatic rings. The number of nitrogens with zero attached hydrogens (tertiary/aromatic N) is 2. The lowest BCUT2D eigenvalue weighted by Crippen LogP contribution is -2.73. The van der Waals surface area contributed by atoms with Crippen molar-refractivity contribution in [1.29, 1.82) is 0 Å². The van der Waals surface area contributed by atoms with Gasteiger partial charge in [0.1, 0.15) is 26.4 Å². The van der Waals surface area contributed by atoms with Crippen LogP contribution >= 0.6 is 0 Å². The summed E-state index contributed by atoms with van der Waals surface area (Å²) in [6.07, 6.45) is 1.47. The third-order valence-corrected chi connectivity index (χ3v) is 8.77. The quantitative estimate of drug-likeness (QED) is 0.695. The van der Waals surface area contributed by atoms with E-state index in [-0.39, 0.29) is 36.2 Å². The first-order chi connectivity index (χ1) is 16.6. The zero-order valence-electron chi connectivity index (χ0n) is 19.0. The number of amides is 1. The molecule has 176 valence electrons. The third-order valence-electron chi connectivity index (χ3n) is 8.77. The first-order valence-corrected chi connectivity index (χ1v) is 12.2. The average molecular weight is 463 g/mol. The van der Waals surface area contributed by atoms with Gasteiger partial charge in [-0.25, -0.2) is 0 Å². The van der Waals surface area contributed by atoms with Crippen molar-refractivity contribution in [2.45, 2.75) is 49.5 Å². The highest BCUT2D eigenvalue weighted by Gasteiger charge is 2.67. The van der Waals surface area contributed by atoms with Gasteiger partial charge >= 0.3 is 0 Å². The summed E-state index contributed by atoms with van der Waals surface area (Å²) in [6.45, 7) is 4.24. The molecular weight excluding hydrogens is 436 g/mol. The first kappa shape index (κ1) is 19.3. The van der Waals surface area contributed by atoms with Crippen molar-refractivity contribution in [1.82, 2.24) is 9.80 Å². The summed E-state index contributed by atoms with van der Waals surface area (Å²) in [5.41, 5.74) is 4.34. The van der Waals surface area contributed by atoms with E-state index in [1.54, 1.807) is 0 Å². The fraction of sp³-hybridized carbons (Fsp3) is 0.500. The van der Waals surface area contributed by atoms with Gasteiger partial charge in [-0.3, -0.25) is 9.69 Å². The number of carbonyl (C=O) groups is 1. The molecule has 1 N–H and O–H groups in total. The molecule has 1 unspecified atom stereocenters. The van der Waals surface area contributed by atoms with E-state index >= 15 is 0 Å². The Labute approximate surface area is 196 Å². The van der Waals surface area contributed by atoms with E-state index in [9.17, 15) is 9.90 Å². The molecule has 34 heavy (non-hydrogen) atoms. The molecule has 8 rings (SSSR count). The topological polar surface area (TPSA) is 80.7 Å². The molecule has 0 bridgehead atoms. The van der Waals surface area contributed by atoms with Crippen molar-refractivity contribution >= 4 is 5.91 Å². The van der Waals surface area contributed by atoms with Gasteiger partial charge in [-0.2, -0.15) is 0 Å². The van der Waals surface area contributed by atoms with Crippen molar-refractivity contribution in [3.8, 4) is 23.0 Å². The molecular formula is C26H26N2O6. The monoisotopic (exact) mass is 462 g/mol. The van der Waals surface area contributed by atoms with E-state index in [4.69, 9.17) is 18.9 Å². The van der Waals surface area contributed by atoms with Crippen molar-refractivity contribution in [3.05, 3.63) is 46.5 Å². The fourth-order valence-electron chi connectivity index (χ4n) is 7.40. The number of aliphatic hydroxyl groups excluding tert-OH is 1. The van der Waals surface area contributed by atoms with Gasteiger partial charge < -0.3 is 29.0 Å². The zero-order valence-corrected chi connectivity index (χ0v) is 19.0. The Bertz CT molecular complexity index is 1260. The van der Waals surface area contributed by atoms with Crippen molar-refractivity contribution < 1.29 is 28.8 Å².